The highest BCUT2D eigenvalue weighted by molar-refractivity contribution is 7.89. The lowest BCUT2D eigenvalue weighted by molar-refractivity contribution is -0.138. The van der Waals surface area contributed by atoms with Gasteiger partial charge in [-0.05, 0) is 37.1 Å². The van der Waals surface area contributed by atoms with Gasteiger partial charge in [0.15, 0.2) is 0 Å². The van der Waals surface area contributed by atoms with Crippen molar-refractivity contribution in [2.45, 2.75) is 38.6 Å². The third-order valence-corrected chi connectivity index (χ3v) is 6.53. The van der Waals surface area contributed by atoms with Crippen LogP contribution in [0.1, 0.15) is 27.7 Å². The Balaban J connectivity index is 2.03. The lowest BCUT2D eigenvalue weighted by Crippen LogP contribution is -2.56. The molecule has 8 nitrogen and oxygen atoms in total. The molecule has 0 aliphatic carbocycles. The predicted molar refractivity (Wildman–Crippen MR) is 105 cm³/mol. The third-order valence-electron chi connectivity index (χ3n) is 4.61. The van der Waals surface area contributed by atoms with Gasteiger partial charge in [0.05, 0.1) is 11.5 Å². The van der Waals surface area contributed by atoms with Crippen molar-refractivity contribution in [1.82, 2.24) is 14.5 Å². The molecule has 156 valence electrons. The third kappa shape index (κ3) is 5.23. The first-order valence-corrected chi connectivity index (χ1v) is 10.9. The molecule has 1 aliphatic heterocycles. The summed E-state index contributed by atoms with van der Waals surface area (Å²) in [6, 6.07) is 5.73. The highest BCUT2D eigenvalue weighted by atomic mass is 32.2. The average molecular weight is 412 g/mol. The summed E-state index contributed by atoms with van der Waals surface area (Å²) in [6.45, 7) is 8.49. The number of rotatable bonds is 7. The van der Waals surface area contributed by atoms with Crippen LogP contribution in [0.4, 0.5) is 0 Å². The summed E-state index contributed by atoms with van der Waals surface area (Å²) in [5.41, 5.74) is 0. The smallest absolute Gasteiger partial charge is 0.245 e. The van der Waals surface area contributed by atoms with Crippen molar-refractivity contribution < 1.29 is 22.7 Å². The molecule has 0 radical (unpaired) electrons. The molecular weight excluding hydrogens is 382 g/mol. The number of piperazine rings is 1. The van der Waals surface area contributed by atoms with Gasteiger partial charge in [-0.25, -0.2) is 8.42 Å². The highest BCUT2D eigenvalue weighted by Gasteiger charge is 2.33. The first kappa shape index (κ1) is 22.2. The molecule has 1 aromatic rings. The quantitative estimate of drug-likeness (QED) is 0.724. The Hall–Kier alpha value is -2.13. The normalized spacial score (nSPS) is 16.7. The number of sulfonamides is 1. The number of hydrogen-bond acceptors (Lipinski definition) is 5. The summed E-state index contributed by atoms with van der Waals surface area (Å²) in [5.74, 6) is 0.128. The van der Waals surface area contributed by atoms with E-state index in [2.05, 4.69) is 5.32 Å². The highest BCUT2D eigenvalue weighted by Crippen LogP contribution is 2.21. The Labute approximate surface area is 166 Å². The van der Waals surface area contributed by atoms with E-state index < -0.39 is 16.1 Å². The van der Waals surface area contributed by atoms with E-state index in [1.807, 2.05) is 20.8 Å². The van der Waals surface area contributed by atoms with E-state index >= 15 is 0 Å². The van der Waals surface area contributed by atoms with E-state index in [4.69, 9.17) is 4.74 Å². The van der Waals surface area contributed by atoms with Crippen molar-refractivity contribution >= 4 is 21.8 Å². The van der Waals surface area contributed by atoms with Gasteiger partial charge in [-0.3, -0.25) is 9.59 Å². The fourth-order valence-electron chi connectivity index (χ4n) is 3.10. The second-order valence-electron chi connectivity index (χ2n) is 7.06. The fraction of sp³-hybridized carbons (Fsp3) is 0.579. The molecule has 0 bridgehead atoms. The molecule has 0 spiro atoms. The van der Waals surface area contributed by atoms with Gasteiger partial charge >= 0.3 is 0 Å². The van der Waals surface area contributed by atoms with Crippen molar-refractivity contribution in [3.8, 4) is 5.75 Å². The number of nitrogens with zero attached hydrogens (tertiary/aromatic N) is 2. The van der Waals surface area contributed by atoms with Gasteiger partial charge in [0.2, 0.25) is 21.8 Å². The Morgan fingerprint density at radius 1 is 1.11 bits per heavy atom. The molecular formula is C19H29N3O5S. The summed E-state index contributed by atoms with van der Waals surface area (Å²) < 4.78 is 32.4. The first-order chi connectivity index (χ1) is 13.2. The maximum absolute atomic E-state index is 12.8. The van der Waals surface area contributed by atoms with Crippen molar-refractivity contribution in [2.75, 3.05) is 32.8 Å². The second kappa shape index (κ2) is 9.38. The summed E-state index contributed by atoms with van der Waals surface area (Å²) >= 11 is 0. The summed E-state index contributed by atoms with van der Waals surface area (Å²) in [5, 5.41) is 2.69. The fourth-order valence-corrected chi connectivity index (χ4v) is 4.52. The van der Waals surface area contributed by atoms with Crippen LogP contribution >= 0.6 is 0 Å². The van der Waals surface area contributed by atoms with Crippen LogP contribution in [0.5, 0.6) is 5.75 Å². The lowest BCUT2D eigenvalue weighted by Gasteiger charge is -2.36. The molecule has 1 N–H and O–H groups in total. The van der Waals surface area contributed by atoms with E-state index in [0.29, 0.717) is 12.4 Å². The Kier molecular flexibility index (Phi) is 7.42. The van der Waals surface area contributed by atoms with Gasteiger partial charge in [-0.1, -0.05) is 13.8 Å². The minimum atomic E-state index is -3.63. The molecule has 0 aromatic heterocycles. The second-order valence-corrected chi connectivity index (χ2v) is 8.99. The standard InChI is InChI=1S/C19H29N3O5S/c1-5-27-16-6-8-17(9-7-16)28(25,26)22-12-10-21(11-13-22)19(24)18(14(2)3)20-15(4)23/h6-9,14,18H,5,10-13H2,1-4H3,(H,20,23)/t18-/m0/s1. The minimum absolute atomic E-state index is 0.0537. The molecule has 0 unspecified atom stereocenters. The van der Waals surface area contributed by atoms with Crippen LogP contribution in [0.2, 0.25) is 0 Å². The number of carbonyl (C=O) groups is 2. The number of hydrogen-bond donors (Lipinski definition) is 1. The average Bonchev–Trinajstić information content (AvgIpc) is 2.66. The molecule has 2 rings (SSSR count). The van der Waals surface area contributed by atoms with Gasteiger partial charge < -0.3 is 15.0 Å². The van der Waals surface area contributed by atoms with Crippen LogP contribution in [-0.2, 0) is 19.6 Å². The zero-order valence-electron chi connectivity index (χ0n) is 16.8. The number of benzene rings is 1. The predicted octanol–water partition coefficient (Wildman–Crippen LogP) is 1.08. The van der Waals surface area contributed by atoms with E-state index in [1.54, 1.807) is 17.0 Å². The zero-order chi connectivity index (χ0) is 20.9. The monoisotopic (exact) mass is 411 g/mol. The van der Waals surface area contributed by atoms with E-state index in [-0.39, 0.29) is 48.8 Å². The molecule has 1 aromatic carbocycles. The molecule has 1 saturated heterocycles. The Morgan fingerprint density at radius 3 is 2.14 bits per heavy atom. The maximum atomic E-state index is 12.8. The largest absolute Gasteiger partial charge is 0.494 e. The Bertz CT molecular complexity index is 784. The summed E-state index contributed by atoms with van der Waals surface area (Å²) in [6.07, 6.45) is 0. The lowest BCUT2D eigenvalue weighted by atomic mass is 10.0. The maximum Gasteiger partial charge on any atom is 0.245 e. The van der Waals surface area contributed by atoms with Gasteiger partial charge in [-0.15, -0.1) is 0 Å². The number of nitrogens with one attached hydrogen (secondary N) is 1. The van der Waals surface area contributed by atoms with Crippen LogP contribution in [0.15, 0.2) is 29.2 Å². The zero-order valence-corrected chi connectivity index (χ0v) is 17.7. The molecule has 1 heterocycles. The summed E-state index contributed by atoms with van der Waals surface area (Å²) in [7, 11) is -3.63. The van der Waals surface area contributed by atoms with Crippen LogP contribution in [0.25, 0.3) is 0 Å². The van der Waals surface area contributed by atoms with Gasteiger partial charge in [-0.2, -0.15) is 4.31 Å². The van der Waals surface area contributed by atoms with Crippen LogP contribution in [0.3, 0.4) is 0 Å². The van der Waals surface area contributed by atoms with E-state index in [1.165, 1.54) is 23.4 Å². The topological polar surface area (TPSA) is 96.0 Å². The van der Waals surface area contributed by atoms with Gasteiger partial charge in [0.25, 0.3) is 0 Å². The molecule has 1 atom stereocenters. The molecule has 0 saturated carbocycles. The van der Waals surface area contributed by atoms with Crippen LogP contribution < -0.4 is 10.1 Å². The van der Waals surface area contributed by atoms with Gasteiger partial charge in [0.1, 0.15) is 11.8 Å². The van der Waals surface area contributed by atoms with E-state index in [9.17, 15) is 18.0 Å². The SMILES string of the molecule is CCOc1ccc(S(=O)(=O)N2CCN(C(=O)[C@@H](NC(C)=O)C(C)C)CC2)cc1. The van der Waals surface area contributed by atoms with Crippen molar-refractivity contribution in [3.63, 3.8) is 0 Å². The van der Waals surface area contributed by atoms with Gasteiger partial charge in [0, 0.05) is 33.1 Å². The molecule has 1 aliphatic rings. The van der Waals surface area contributed by atoms with Crippen molar-refractivity contribution in [3.05, 3.63) is 24.3 Å². The van der Waals surface area contributed by atoms with E-state index in [0.717, 1.165) is 0 Å². The molecule has 1 fully saturated rings. The molecule has 2 amide bonds. The van der Waals surface area contributed by atoms with Crippen molar-refractivity contribution in [1.29, 1.82) is 0 Å². The first-order valence-electron chi connectivity index (χ1n) is 9.45. The number of carbonyl (C=O) groups excluding carboxylic acids is 2. The number of ether oxygens (including phenoxy) is 1. The minimum Gasteiger partial charge on any atom is -0.494 e. The van der Waals surface area contributed by atoms with Crippen LogP contribution in [-0.4, -0.2) is 68.3 Å². The Morgan fingerprint density at radius 2 is 1.68 bits per heavy atom. The molecule has 28 heavy (non-hydrogen) atoms. The number of amides is 2. The van der Waals surface area contributed by atoms with Crippen LogP contribution in [0, 0.1) is 5.92 Å². The summed E-state index contributed by atoms with van der Waals surface area (Å²) in [4.78, 5) is 25.9. The van der Waals surface area contributed by atoms with Crippen molar-refractivity contribution in [2.24, 2.45) is 5.92 Å². The molecule has 9 heteroatoms.